The average molecular weight is 162 g/mol. The topological polar surface area (TPSA) is 17.1 Å². The lowest BCUT2D eigenvalue weighted by molar-refractivity contribution is -0.119. The molecule has 0 aliphatic rings. The molecule has 0 radical (unpaired) electrons. The molecular formula is C11H14O. The van der Waals surface area contributed by atoms with Crippen LogP contribution in [0.3, 0.4) is 0 Å². The molecule has 0 unspecified atom stereocenters. The molecule has 1 aromatic rings. The lowest BCUT2D eigenvalue weighted by Gasteiger charge is -2.08. The second-order valence-electron chi connectivity index (χ2n) is 2.95. The van der Waals surface area contributed by atoms with Crippen LogP contribution in [0.1, 0.15) is 31.7 Å². The van der Waals surface area contributed by atoms with Gasteiger partial charge >= 0.3 is 0 Å². The van der Waals surface area contributed by atoms with Crippen LogP contribution in [0.2, 0.25) is 0 Å². The summed E-state index contributed by atoms with van der Waals surface area (Å²) in [5.74, 6) is 0.359. The third-order valence-electron chi connectivity index (χ3n) is 2.13. The molecule has 64 valence electrons. The summed E-state index contributed by atoms with van der Waals surface area (Å²) in [7, 11) is 0. The third kappa shape index (κ3) is 1.94. The van der Waals surface area contributed by atoms with E-state index >= 15 is 0 Å². The van der Waals surface area contributed by atoms with Gasteiger partial charge in [-0.25, -0.2) is 0 Å². The minimum atomic E-state index is 0.0520. The van der Waals surface area contributed by atoms with Crippen molar-refractivity contribution in [2.24, 2.45) is 0 Å². The predicted octanol–water partition coefficient (Wildman–Crippen LogP) is 2.77. The van der Waals surface area contributed by atoms with Gasteiger partial charge in [0.1, 0.15) is 5.78 Å². The molecule has 0 fully saturated rings. The van der Waals surface area contributed by atoms with Gasteiger partial charge in [0.2, 0.25) is 0 Å². The molecule has 1 aromatic carbocycles. The van der Waals surface area contributed by atoms with E-state index < -0.39 is 0 Å². The summed E-state index contributed by atoms with van der Waals surface area (Å²) in [6, 6.07) is 9.90. The molecule has 1 atom stereocenters. The highest BCUT2D eigenvalue weighted by molar-refractivity contribution is 5.84. The zero-order valence-electron chi connectivity index (χ0n) is 7.58. The lowest BCUT2D eigenvalue weighted by Crippen LogP contribution is -2.06. The van der Waals surface area contributed by atoms with Crippen molar-refractivity contribution in [1.82, 2.24) is 0 Å². The smallest absolute Gasteiger partial charge is 0.139 e. The quantitative estimate of drug-likeness (QED) is 0.668. The van der Waals surface area contributed by atoms with E-state index in [0.717, 1.165) is 5.56 Å². The van der Waals surface area contributed by atoms with Gasteiger partial charge in [0, 0.05) is 12.3 Å². The molecule has 0 spiro atoms. The molecule has 0 saturated heterocycles. The molecule has 0 aliphatic heterocycles. The Balaban J connectivity index is 2.78. The van der Waals surface area contributed by atoms with Crippen molar-refractivity contribution in [3.63, 3.8) is 0 Å². The van der Waals surface area contributed by atoms with Crippen molar-refractivity contribution < 1.29 is 4.79 Å². The highest BCUT2D eigenvalue weighted by Crippen LogP contribution is 2.16. The van der Waals surface area contributed by atoms with Crippen molar-refractivity contribution in [2.45, 2.75) is 26.2 Å². The van der Waals surface area contributed by atoms with Crippen LogP contribution >= 0.6 is 0 Å². The number of benzene rings is 1. The average Bonchev–Trinajstić information content (AvgIpc) is 2.17. The van der Waals surface area contributed by atoms with Crippen molar-refractivity contribution in [3.05, 3.63) is 35.9 Å². The standard InChI is InChI=1S/C11H14O/c1-3-11(12)9(2)10-7-5-4-6-8-10/h4-9H,3H2,1-2H3/t9-/m0/s1. The second-order valence-corrected chi connectivity index (χ2v) is 2.95. The minimum absolute atomic E-state index is 0.0520. The summed E-state index contributed by atoms with van der Waals surface area (Å²) in [6.45, 7) is 3.86. The maximum absolute atomic E-state index is 11.3. The molecular weight excluding hydrogens is 148 g/mol. The molecule has 1 heteroatoms. The van der Waals surface area contributed by atoms with E-state index in [0.29, 0.717) is 12.2 Å². The van der Waals surface area contributed by atoms with E-state index in [9.17, 15) is 4.79 Å². The first kappa shape index (κ1) is 8.98. The normalized spacial score (nSPS) is 12.5. The number of hydrogen-bond acceptors (Lipinski definition) is 1. The van der Waals surface area contributed by atoms with E-state index in [2.05, 4.69) is 0 Å². The van der Waals surface area contributed by atoms with Crippen molar-refractivity contribution in [3.8, 4) is 0 Å². The van der Waals surface area contributed by atoms with Crippen LogP contribution in [-0.4, -0.2) is 5.78 Å². The fraction of sp³-hybridized carbons (Fsp3) is 0.364. The van der Waals surface area contributed by atoms with Crippen LogP contribution in [0.15, 0.2) is 30.3 Å². The minimum Gasteiger partial charge on any atom is -0.299 e. The van der Waals surface area contributed by atoms with Crippen LogP contribution < -0.4 is 0 Å². The Morgan fingerprint density at radius 2 is 1.92 bits per heavy atom. The third-order valence-corrected chi connectivity index (χ3v) is 2.13. The predicted molar refractivity (Wildman–Crippen MR) is 50.2 cm³/mol. The number of hydrogen-bond donors (Lipinski definition) is 0. The number of rotatable bonds is 3. The Morgan fingerprint density at radius 3 is 2.42 bits per heavy atom. The van der Waals surface area contributed by atoms with Gasteiger partial charge in [-0.2, -0.15) is 0 Å². The first-order valence-electron chi connectivity index (χ1n) is 4.33. The van der Waals surface area contributed by atoms with Crippen LogP contribution in [0, 0.1) is 0 Å². The van der Waals surface area contributed by atoms with Gasteiger partial charge in [-0.05, 0) is 5.56 Å². The van der Waals surface area contributed by atoms with E-state index in [4.69, 9.17) is 0 Å². The molecule has 0 aromatic heterocycles. The summed E-state index contributed by atoms with van der Waals surface area (Å²) in [5, 5.41) is 0. The Bertz CT molecular complexity index is 251. The van der Waals surface area contributed by atoms with Gasteiger partial charge in [0.05, 0.1) is 0 Å². The van der Waals surface area contributed by atoms with Gasteiger partial charge in [-0.3, -0.25) is 4.79 Å². The highest BCUT2D eigenvalue weighted by atomic mass is 16.1. The maximum Gasteiger partial charge on any atom is 0.139 e. The molecule has 1 rings (SSSR count). The van der Waals surface area contributed by atoms with Crippen LogP contribution in [-0.2, 0) is 4.79 Å². The summed E-state index contributed by atoms with van der Waals surface area (Å²) in [5.41, 5.74) is 1.12. The van der Waals surface area contributed by atoms with E-state index in [1.165, 1.54) is 0 Å². The number of Topliss-reactive ketones (excluding diaryl/α,β-unsaturated/α-hetero) is 1. The summed E-state index contributed by atoms with van der Waals surface area (Å²) in [4.78, 5) is 11.3. The molecule has 0 saturated carbocycles. The van der Waals surface area contributed by atoms with Crippen molar-refractivity contribution >= 4 is 5.78 Å². The Labute approximate surface area is 73.4 Å². The molecule has 0 amide bonds. The van der Waals surface area contributed by atoms with Gasteiger partial charge < -0.3 is 0 Å². The first-order chi connectivity index (χ1) is 5.75. The number of carbonyl (C=O) groups is 1. The van der Waals surface area contributed by atoms with Gasteiger partial charge in [0.15, 0.2) is 0 Å². The van der Waals surface area contributed by atoms with Crippen molar-refractivity contribution in [1.29, 1.82) is 0 Å². The Kier molecular flexibility index (Phi) is 3.03. The second kappa shape index (κ2) is 4.05. The molecule has 0 heterocycles. The zero-order chi connectivity index (χ0) is 8.97. The summed E-state index contributed by atoms with van der Waals surface area (Å²) in [6.07, 6.45) is 0.621. The van der Waals surface area contributed by atoms with E-state index in [1.807, 2.05) is 44.2 Å². The fourth-order valence-electron chi connectivity index (χ4n) is 1.23. The number of ketones is 1. The molecule has 0 aliphatic carbocycles. The molecule has 12 heavy (non-hydrogen) atoms. The van der Waals surface area contributed by atoms with Gasteiger partial charge in [0.25, 0.3) is 0 Å². The maximum atomic E-state index is 11.3. The summed E-state index contributed by atoms with van der Waals surface area (Å²) < 4.78 is 0. The van der Waals surface area contributed by atoms with Crippen LogP contribution in [0.25, 0.3) is 0 Å². The first-order valence-corrected chi connectivity index (χ1v) is 4.33. The Morgan fingerprint density at radius 1 is 1.33 bits per heavy atom. The fourth-order valence-corrected chi connectivity index (χ4v) is 1.23. The Hall–Kier alpha value is -1.11. The molecule has 0 N–H and O–H groups in total. The van der Waals surface area contributed by atoms with Crippen molar-refractivity contribution in [2.75, 3.05) is 0 Å². The zero-order valence-corrected chi connectivity index (χ0v) is 7.58. The highest BCUT2D eigenvalue weighted by Gasteiger charge is 2.11. The van der Waals surface area contributed by atoms with Crippen LogP contribution in [0.5, 0.6) is 0 Å². The SMILES string of the molecule is CCC(=O)[C@@H](C)c1ccccc1. The molecule has 0 bridgehead atoms. The van der Waals surface area contributed by atoms with Crippen LogP contribution in [0.4, 0.5) is 0 Å². The monoisotopic (exact) mass is 162 g/mol. The summed E-state index contributed by atoms with van der Waals surface area (Å²) >= 11 is 0. The lowest BCUT2D eigenvalue weighted by atomic mass is 9.96. The molecule has 1 nitrogen and oxygen atoms in total. The van der Waals surface area contributed by atoms with Gasteiger partial charge in [-0.15, -0.1) is 0 Å². The van der Waals surface area contributed by atoms with Gasteiger partial charge in [-0.1, -0.05) is 44.2 Å². The van der Waals surface area contributed by atoms with E-state index in [-0.39, 0.29) is 5.92 Å². The van der Waals surface area contributed by atoms with E-state index in [1.54, 1.807) is 0 Å². The largest absolute Gasteiger partial charge is 0.299 e. The number of carbonyl (C=O) groups excluding carboxylic acids is 1.